The van der Waals surface area contributed by atoms with Gasteiger partial charge in [-0.15, -0.1) is 0 Å². The van der Waals surface area contributed by atoms with Gasteiger partial charge in [0.25, 0.3) is 0 Å². The molecule has 1 aliphatic heterocycles. The van der Waals surface area contributed by atoms with E-state index in [-0.39, 0.29) is 0 Å². The van der Waals surface area contributed by atoms with Crippen molar-refractivity contribution in [2.75, 3.05) is 4.90 Å². The lowest BCUT2D eigenvalue weighted by atomic mass is 9.66. The molecule has 12 rings (SSSR count). The fourth-order valence-electron chi connectivity index (χ4n) is 10.0. The average molecular weight is 726 g/mol. The predicted molar refractivity (Wildman–Crippen MR) is 234 cm³/mol. The molecule has 0 unspecified atom stereocenters. The first-order valence-electron chi connectivity index (χ1n) is 19.7. The van der Waals surface area contributed by atoms with Crippen molar-refractivity contribution in [3.05, 3.63) is 235 Å². The molecule has 0 saturated carbocycles. The molecule has 57 heavy (non-hydrogen) atoms. The second-order valence-corrected chi connectivity index (χ2v) is 15.2. The van der Waals surface area contributed by atoms with Crippen molar-refractivity contribution in [3.63, 3.8) is 0 Å². The Morgan fingerprint density at radius 2 is 0.667 bits per heavy atom. The summed E-state index contributed by atoms with van der Waals surface area (Å²) in [5.74, 6) is 1.71. The molecule has 9 aromatic carbocycles. The minimum absolute atomic E-state index is 0.567. The SMILES string of the molecule is c1ccc(N(c2ccc3c(c2)-c2ccccc2-c2ccccc2O3)c2ccc3c(c2)C2(c4ccccc4-c4ccccc4-c4ccccc42)c2ccccc2-3)cc1. The fourth-order valence-corrected chi connectivity index (χ4v) is 10.0. The lowest BCUT2D eigenvalue weighted by Gasteiger charge is -2.36. The van der Waals surface area contributed by atoms with Crippen molar-refractivity contribution in [1.82, 2.24) is 0 Å². The van der Waals surface area contributed by atoms with E-state index in [0.29, 0.717) is 0 Å². The van der Waals surface area contributed by atoms with E-state index in [9.17, 15) is 0 Å². The van der Waals surface area contributed by atoms with Crippen LogP contribution < -0.4 is 9.64 Å². The van der Waals surface area contributed by atoms with Gasteiger partial charge in [-0.3, -0.25) is 0 Å². The maximum Gasteiger partial charge on any atom is 0.135 e. The maximum atomic E-state index is 6.69. The van der Waals surface area contributed by atoms with E-state index in [0.717, 1.165) is 45.3 Å². The third-order valence-electron chi connectivity index (χ3n) is 12.3. The summed E-state index contributed by atoms with van der Waals surface area (Å²) in [5, 5.41) is 0. The van der Waals surface area contributed by atoms with Crippen LogP contribution in [-0.4, -0.2) is 0 Å². The van der Waals surface area contributed by atoms with E-state index in [4.69, 9.17) is 4.74 Å². The van der Waals surface area contributed by atoms with Crippen LogP contribution in [-0.2, 0) is 5.41 Å². The average Bonchev–Trinajstić information content (AvgIpc) is 3.41. The lowest BCUT2D eigenvalue weighted by Crippen LogP contribution is -2.29. The van der Waals surface area contributed by atoms with E-state index in [1.807, 2.05) is 6.07 Å². The Kier molecular flexibility index (Phi) is 6.88. The van der Waals surface area contributed by atoms with E-state index in [1.165, 1.54) is 61.2 Å². The zero-order valence-electron chi connectivity index (χ0n) is 31.1. The van der Waals surface area contributed by atoms with Crippen LogP contribution in [0.3, 0.4) is 0 Å². The zero-order chi connectivity index (χ0) is 37.5. The van der Waals surface area contributed by atoms with Crippen molar-refractivity contribution >= 4 is 17.1 Å². The Morgan fingerprint density at radius 1 is 0.263 bits per heavy atom. The first kappa shape index (κ1) is 31.9. The van der Waals surface area contributed by atoms with Gasteiger partial charge in [0.15, 0.2) is 0 Å². The summed E-state index contributed by atoms with van der Waals surface area (Å²) in [7, 11) is 0. The molecule has 0 atom stereocenters. The third-order valence-corrected chi connectivity index (χ3v) is 12.3. The molecule has 0 radical (unpaired) electrons. The molecule has 0 saturated heterocycles. The molecule has 9 aromatic rings. The summed E-state index contributed by atoms with van der Waals surface area (Å²) in [5.41, 5.74) is 20.0. The van der Waals surface area contributed by atoms with Gasteiger partial charge in [-0.2, -0.15) is 0 Å². The van der Waals surface area contributed by atoms with Crippen LogP contribution in [0.4, 0.5) is 17.1 Å². The highest BCUT2D eigenvalue weighted by Crippen LogP contribution is 2.62. The van der Waals surface area contributed by atoms with Crippen molar-refractivity contribution in [1.29, 1.82) is 0 Å². The number of nitrogens with zero attached hydrogens (tertiary/aromatic N) is 1. The van der Waals surface area contributed by atoms with E-state index in [1.54, 1.807) is 0 Å². The normalized spacial score (nSPS) is 13.2. The number of ether oxygens (including phenoxy) is 1. The van der Waals surface area contributed by atoms with Crippen LogP contribution in [0.1, 0.15) is 22.3 Å². The molecule has 2 nitrogen and oxygen atoms in total. The quantitative estimate of drug-likeness (QED) is 0.180. The molecule has 2 heteroatoms. The van der Waals surface area contributed by atoms with Crippen LogP contribution in [0.15, 0.2) is 212 Å². The summed E-state index contributed by atoms with van der Waals surface area (Å²) in [6.45, 7) is 0. The molecule has 3 aliphatic rings. The standard InChI is InChI=1S/C55H35NO/c1-2-16-36(17-3-1)56(37-31-33-54-48(34-37)42-21-7-6-20-41(42)47-25-11-15-29-53(47)57-54)38-30-32-46-45-24-10-14-28-51(45)55(52(46)35-38)49-26-12-8-22-43(49)39-18-4-5-19-40(39)44-23-9-13-27-50(44)55/h1-35H. The number of hydrogen-bond donors (Lipinski definition) is 0. The van der Waals surface area contributed by atoms with Crippen LogP contribution in [0.5, 0.6) is 11.5 Å². The van der Waals surface area contributed by atoms with Gasteiger partial charge in [-0.05, 0) is 115 Å². The van der Waals surface area contributed by atoms with Gasteiger partial charge in [0.05, 0.1) is 5.41 Å². The Bertz CT molecular complexity index is 3000. The van der Waals surface area contributed by atoms with Gasteiger partial charge in [-0.25, -0.2) is 0 Å². The molecule has 0 bridgehead atoms. The van der Waals surface area contributed by atoms with Gasteiger partial charge >= 0.3 is 0 Å². The van der Waals surface area contributed by atoms with Gasteiger partial charge in [0.2, 0.25) is 0 Å². The maximum absolute atomic E-state index is 6.69. The van der Waals surface area contributed by atoms with Crippen molar-refractivity contribution in [2.24, 2.45) is 0 Å². The highest BCUT2D eigenvalue weighted by molar-refractivity contribution is 5.98. The molecule has 0 fully saturated rings. The second-order valence-electron chi connectivity index (χ2n) is 15.2. The summed E-state index contributed by atoms with van der Waals surface area (Å²) in [6, 6.07) is 77.7. The summed E-state index contributed by atoms with van der Waals surface area (Å²) in [6.07, 6.45) is 0. The summed E-state index contributed by atoms with van der Waals surface area (Å²) >= 11 is 0. The predicted octanol–water partition coefficient (Wildman–Crippen LogP) is 14.6. The summed E-state index contributed by atoms with van der Waals surface area (Å²) < 4.78 is 6.69. The molecule has 1 heterocycles. The second kappa shape index (κ2) is 12.3. The molecule has 0 N–H and O–H groups in total. The number of para-hydroxylation sites is 2. The molecule has 0 aromatic heterocycles. The Hall–Kier alpha value is -7.42. The number of hydrogen-bond acceptors (Lipinski definition) is 2. The van der Waals surface area contributed by atoms with Crippen molar-refractivity contribution in [3.8, 4) is 67.1 Å². The molecular weight excluding hydrogens is 691 g/mol. The number of rotatable bonds is 3. The van der Waals surface area contributed by atoms with E-state index < -0.39 is 5.41 Å². The minimum Gasteiger partial charge on any atom is -0.456 e. The highest BCUT2D eigenvalue weighted by Gasteiger charge is 2.49. The molecule has 266 valence electrons. The first-order valence-corrected chi connectivity index (χ1v) is 19.7. The number of fused-ring (bicyclic) bond motifs is 17. The highest BCUT2D eigenvalue weighted by atomic mass is 16.5. The smallest absolute Gasteiger partial charge is 0.135 e. The zero-order valence-corrected chi connectivity index (χ0v) is 31.1. The van der Waals surface area contributed by atoms with Crippen molar-refractivity contribution < 1.29 is 4.74 Å². The Balaban J connectivity index is 1.13. The van der Waals surface area contributed by atoms with Crippen LogP contribution in [0.2, 0.25) is 0 Å². The third kappa shape index (κ3) is 4.53. The van der Waals surface area contributed by atoms with Gasteiger partial charge < -0.3 is 9.64 Å². The monoisotopic (exact) mass is 725 g/mol. The first-order chi connectivity index (χ1) is 28.3. The van der Waals surface area contributed by atoms with Crippen molar-refractivity contribution in [2.45, 2.75) is 5.41 Å². The van der Waals surface area contributed by atoms with Crippen LogP contribution in [0.25, 0.3) is 55.6 Å². The van der Waals surface area contributed by atoms with E-state index >= 15 is 0 Å². The van der Waals surface area contributed by atoms with E-state index in [2.05, 4.69) is 211 Å². The van der Waals surface area contributed by atoms with Crippen LogP contribution >= 0.6 is 0 Å². The number of anilines is 3. The molecule has 0 amide bonds. The number of benzene rings is 9. The van der Waals surface area contributed by atoms with Gasteiger partial charge in [0, 0.05) is 28.2 Å². The van der Waals surface area contributed by atoms with Gasteiger partial charge in [0.1, 0.15) is 11.5 Å². The largest absolute Gasteiger partial charge is 0.456 e. The Labute approximate surface area is 332 Å². The molecule has 1 spiro atoms. The minimum atomic E-state index is -0.567. The molecular formula is C55H35NO. The topological polar surface area (TPSA) is 12.5 Å². The lowest BCUT2D eigenvalue weighted by molar-refractivity contribution is 0.488. The fraction of sp³-hybridized carbons (Fsp3) is 0.0182. The summed E-state index contributed by atoms with van der Waals surface area (Å²) in [4.78, 5) is 2.40. The van der Waals surface area contributed by atoms with Crippen LogP contribution in [0, 0.1) is 0 Å². The Morgan fingerprint density at radius 3 is 1.28 bits per heavy atom. The van der Waals surface area contributed by atoms with Gasteiger partial charge in [-0.1, -0.05) is 164 Å². The molecule has 2 aliphatic carbocycles.